The summed E-state index contributed by atoms with van der Waals surface area (Å²) in [6, 6.07) is -0.686. The summed E-state index contributed by atoms with van der Waals surface area (Å²) in [5.41, 5.74) is 0. The molecule has 0 heterocycles. The first-order valence-electron chi connectivity index (χ1n) is 22.3. The lowest BCUT2D eigenvalue weighted by Gasteiger charge is -2.19. The molecule has 0 aliphatic heterocycles. The lowest BCUT2D eigenvalue weighted by Crippen LogP contribution is -2.48. The van der Waals surface area contributed by atoms with E-state index >= 15 is 0 Å². The Kier molecular flexibility index (Phi) is 40.2. The number of thioether (sulfide) groups is 2. The van der Waals surface area contributed by atoms with Crippen molar-refractivity contribution in [3.8, 4) is 0 Å². The first kappa shape index (κ1) is 55.9. The van der Waals surface area contributed by atoms with Crippen molar-refractivity contribution in [2.75, 3.05) is 70.8 Å². The van der Waals surface area contributed by atoms with E-state index in [-0.39, 0.29) is 29.4 Å². The van der Waals surface area contributed by atoms with Gasteiger partial charge in [-0.05, 0) is 36.2 Å². The van der Waals surface area contributed by atoms with Crippen LogP contribution in [-0.4, -0.2) is 122 Å². The van der Waals surface area contributed by atoms with Crippen LogP contribution in [0.2, 0.25) is 0 Å². The van der Waals surface area contributed by atoms with E-state index in [1.54, 1.807) is 11.8 Å². The number of carboxylic acids is 1. The number of unbranched alkanes of at least 4 members (excludes halogenated alkanes) is 15. The fraction of sp³-hybridized carbons (Fsp3) is 0.884. The number of carbonyl (C=O) groups excluding carboxylic acids is 4. The number of ether oxygens (including phenoxy) is 3. The predicted octanol–water partition coefficient (Wildman–Crippen LogP) is 7.04. The van der Waals surface area contributed by atoms with Gasteiger partial charge in [-0.2, -0.15) is 0 Å². The number of nitrogens with one attached hydrogen (secondary N) is 4. The van der Waals surface area contributed by atoms with Crippen molar-refractivity contribution < 1.29 is 43.3 Å². The van der Waals surface area contributed by atoms with E-state index < -0.39 is 12.0 Å². The molecule has 0 bridgehead atoms. The van der Waals surface area contributed by atoms with Gasteiger partial charge in [0.15, 0.2) is 0 Å². The summed E-state index contributed by atoms with van der Waals surface area (Å²) in [4.78, 5) is 59.9. The molecule has 0 radical (unpaired) electrons. The molecular formula is C43H82N4O9S2. The van der Waals surface area contributed by atoms with Gasteiger partial charge < -0.3 is 40.6 Å². The molecule has 0 aliphatic carbocycles. The summed E-state index contributed by atoms with van der Waals surface area (Å²) >= 11 is 3.09. The standard InChI is InChI=1S/C43H82N4O9S2/c1-36(2)57-34-40(49)44-25-21-22-38(47-41(50)35-58-37(3)4)43(53)46-27-29-55-31-33-56-32-30-54-28-26-45-39(48)23-19-17-15-13-11-9-7-5-6-8-10-12-14-16-18-20-24-42(51)52/h36-38H,5-35H2,1-4H3,(H,44,49)(H,45,48)(H,46,53)(H,47,50)(H,51,52)/t38-/m0/s1. The highest BCUT2D eigenvalue weighted by Gasteiger charge is 2.20. The number of carbonyl (C=O) groups is 5. The molecule has 0 aromatic carbocycles. The van der Waals surface area contributed by atoms with E-state index in [2.05, 4.69) is 21.3 Å². The van der Waals surface area contributed by atoms with Crippen LogP contribution >= 0.6 is 23.5 Å². The Hall–Kier alpha value is -2.07. The molecule has 0 aromatic rings. The van der Waals surface area contributed by atoms with Gasteiger partial charge in [0.1, 0.15) is 6.04 Å². The van der Waals surface area contributed by atoms with Gasteiger partial charge >= 0.3 is 5.97 Å². The van der Waals surface area contributed by atoms with Gasteiger partial charge in [-0.1, -0.05) is 118 Å². The Balaban J connectivity index is 3.70. The molecule has 0 fully saturated rings. The highest BCUT2D eigenvalue weighted by molar-refractivity contribution is 8.00. The molecule has 4 amide bonds. The Labute approximate surface area is 359 Å². The van der Waals surface area contributed by atoms with Gasteiger partial charge in [-0.25, -0.2) is 0 Å². The van der Waals surface area contributed by atoms with Crippen molar-refractivity contribution in [2.24, 2.45) is 0 Å². The maximum absolute atomic E-state index is 12.9. The zero-order valence-electron chi connectivity index (χ0n) is 36.7. The minimum atomic E-state index is -0.686. The number of aliphatic carboxylic acids is 1. The molecule has 5 N–H and O–H groups in total. The maximum atomic E-state index is 12.9. The van der Waals surface area contributed by atoms with Crippen molar-refractivity contribution in [3.05, 3.63) is 0 Å². The highest BCUT2D eigenvalue weighted by Crippen LogP contribution is 2.15. The van der Waals surface area contributed by atoms with Crippen molar-refractivity contribution in [1.29, 1.82) is 0 Å². The van der Waals surface area contributed by atoms with Crippen LogP contribution < -0.4 is 21.3 Å². The van der Waals surface area contributed by atoms with E-state index in [1.807, 2.05) is 27.7 Å². The minimum Gasteiger partial charge on any atom is -0.481 e. The Morgan fingerprint density at radius 1 is 0.466 bits per heavy atom. The maximum Gasteiger partial charge on any atom is 0.303 e. The number of hydrogen-bond acceptors (Lipinski definition) is 10. The van der Waals surface area contributed by atoms with E-state index in [1.165, 1.54) is 82.4 Å². The highest BCUT2D eigenvalue weighted by atomic mass is 32.2. The van der Waals surface area contributed by atoms with Crippen LogP contribution in [0.15, 0.2) is 0 Å². The topological polar surface area (TPSA) is 181 Å². The summed E-state index contributed by atoms with van der Waals surface area (Å²) in [5.74, 6) is -0.421. The molecule has 13 nitrogen and oxygen atoms in total. The molecule has 340 valence electrons. The number of carboxylic acid groups (broad SMARTS) is 1. The second kappa shape index (κ2) is 41.7. The van der Waals surface area contributed by atoms with Gasteiger partial charge in [0.2, 0.25) is 23.6 Å². The monoisotopic (exact) mass is 863 g/mol. The normalized spacial score (nSPS) is 11.8. The zero-order valence-corrected chi connectivity index (χ0v) is 38.3. The zero-order chi connectivity index (χ0) is 42.9. The van der Waals surface area contributed by atoms with E-state index in [4.69, 9.17) is 19.3 Å². The molecule has 0 saturated heterocycles. The summed E-state index contributed by atoms with van der Waals surface area (Å²) in [6.45, 7) is 11.7. The summed E-state index contributed by atoms with van der Waals surface area (Å²) < 4.78 is 16.7. The van der Waals surface area contributed by atoms with E-state index in [0.717, 1.165) is 32.1 Å². The molecule has 1 atom stereocenters. The molecule has 0 unspecified atom stereocenters. The predicted molar refractivity (Wildman–Crippen MR) is 239 cm³/mol. The molecule has 0 saturated carbocycles. The molecule has 15 heteroatoms. The number of hydrogen-bond donors (Lipinski definition) is 5. The number of rotatable bonds is 43. The minimum absolute atomic E-state index is 0.0314. The third-order valence-corrected chi connectivity index (χ3v) is 11.3. The smallest absolute Gasteiger partial charge is 0.303 e. The molecule has 0 rings (SSSR count). The van der Waals surface area contributed by atoms with Crippen LogP contribution in [0.1, 0.15) is 156 Å². The quantitative estimate of drug-likeness (QED) is 0.0397. The van der Waals surface area contributed by atoms with Crippen molar-refractivity contribution in [2.45, 2.75) is 173 Å². The van der Waals surface area contributed by atoms with Crippen LogP contribution in [0.25, 0.3) is 0 Å². The van der Waals surface area contributed by atoms with Gasteiger partial charge in [-0.15, -0.1) is 23.5 Å². The van der Waals surface area contributed by atoms with Gasteiger partial charge in [0, 0.05) is 32.5 Å². The summed E-state index contributed by atoms with van der Waals surface area (Å²) in [7, 11) is 0. The molecule has 0 spiro atoms. The van der Waals surface area contributed by atoms with Gasteiger partial charge in [0.05, 0.1) is 51.1 Å². The molecular weight excluding hydrogens is 781 g/mol. The first-order chi connectivity index (χ1) is 28.0. The van der Waals surface area contributed by atoms with Gasteiger partial charge in [-0.3, -0.25) is 24.0 Å². The fourth-order valence-electron chi connectivity index (χ4n) is 5.87. The molecule has 58 heavy (non-hydrogen) atoms. The van der Waals surface area contributed by atoms with Crippen molar-refractivity contribution in [1.82, 2.24) is 21.3 Å². The van der Waals surface area contributed by atoms with Crippen LogP contribution in [0.3, 0.4) is 0 Å². The Morgan fingerprint density at radius 3 is 1.33 bits per heavy atom. The largest absolute Gasteiger partial charge is 0.481 e. The van der Waals surface area contributed by atoms with Crippen LogP contribution in [0, 0.1) is 0 Å². The van der Waals surface area contributed by atoms with Crippen LogP contribution in [-0.2, 0) is 38.2 Å². The summed E-state index contributed by atoms with van der Waals surface area (Å²) in [6.07, 6.45) is 21.0. The Morgan fingerprint density at radius 2 is 0.862 bits per heavy atom. The Bertz CT molecular complexity index is 1040. The van der Waals surface area contributed by atoms with Crippen LogP contribution in [0.4, 0.5) is 0 Å². The third kappa shape index (κ3) is 42.1. The lowest BCUT2D eigenvalue weighted by atomic mass is 10.0. The van der Waals surface area contributed by atoms with Crippen LogP contribution in [0.5, 0.6) is 0 Å². The lowest BCUT2D eigenvalue weighted by molar-refractivity contribution is -0.137. The summed E-state index contributed by atoms with van der Waals surface area (Å²) in [5, 5.41) is 20.8. The molecule has 0 aromatic heterocycles. The van der Waals surface area contributed by atoms with Crippen molar-refractivity contribution in [3.63, 3.8) is 0 Å². The van der Waals surface area contributed by atoms with E-state index in [9.17, 15) is 24.0 Å². The van der Waals surface area contributed by atoms with Crippen molar-refractivity contribution >= 4 is 53.1 Å². The average molecular weight is 863 g/mol. The molecule has 0 aliphatic rings. The second-order valence-electron chi connectivity index (χ2n) is 15.4. The first-order valence-corrected chi connectivity index (χ1v) is 24.4. The third-order valence-electron chi connectivity index (χ3n) is 9.14. The average Bonchev–Trinajstić information content (AvgIpc) is 3.18. The fourth-order valence-corrected chi connectivity index (χ4v) is 7.03. The van der Waals surface area contributed by atoms with Gasteiger partial charge in [0.25, 0.3) is 0 Å². The SMILES string of the molecule is CC(C)SCC(=O)NCCC[C@H](NC(=O)CSC(C)C)C(=O)NCCOCCOCCOCCNC(=O)CCCCCCCCCCCCCCCCCCC(=O)O. The number of amides is 4. The second-order valence-corrected chi connectivity index (χ2v) is 18.5. The van der Waals surface area contributed by atoms with E-state index in [0.29, 0.717) is 101 Å².